The summed E-state index contributed by atoms with van der Waals surface area (Å²) in [5.74, 6) is 0.781. The number of hydrogen-bond acceptors (Lipinski definition) is 2. The van der Waals surface area contributed by atoms with E-state index in [9.17, 15) is 0 Å². The van der Waals surface area contributed by atoms with Crippen molar-refractivity contribution in [3.8, 4) is 0 Å². The van der Waals surface area contributed by atoms with Crippen molar-refractivity contribution >= 4 is 0 Å². The molecule has 1 spiro atoms. The average molecular weight is 284 g/mol. The van der Waals surface area contributed by atoms with Gasteiger partial charge in [0.2, 0.25) is 0 Å². The number of benzene rings is 1. The van der Waals surface area contributed by atoms with E-state index < -0.39 is 0 Å². The molecule has 1 saturated carbocycles. The molecule has 4 rings (SSSR count). The Morgan fingerprint density at radius 3 is 2.52 bits per heavy atom. The highest BCUT2D eigenvalue weighted by atomic mass is 15.2. The maximum absolute atomic E-state index is 3.88. The van der Waals surface area contributed by atoms with E-state index in [-0.39, 0.29) is 0 Å². The fourth-order valence-electron chi connectivity index (χ4n) is 4.80. The first-order valence-electron chi connectivity index (χ1n) is 8.89. The summed E-state index contributed by atoms with van der Waals surface area (Å²) in [7, 11) is 0. The van der Waals surface area contributed by atoms with Gasteiger partial charge in [0.05, 0.1) is 0 Å². The summed E-state index contributed by atoms with van der Waals surface area (Å²) in [4.78, 5) is 2.76. The topological polar surface area (TPSA) is 15.3 Å². The second-order valence-corrected chi connectivity index (χ2v) is 7.48. The van der Waals surface area contributed by atoms with Gasteiger partial charge in [0.1, 0.15) is 0 Å². The molecule has 1 aliphatic carbocycles. The average Bonchev–Trinajstić information content (AvgIpc) is 2.48. The van der Waals surface area contributed by atoms with Gasteiger partial charge in [-0.15, -0.1) is 0 Å². The molecule has 2 nitrogen and oxygen atoms in total. The van der Waals surface area contributed by atoms with Crippen LogP contribution in [0.4, 0.5) is 0 Å². The molecule has 1 unspecified atom stereocenters. The minimum atomic E-state index is 0.499. The van der Waals surface area contributed by atoms with E-state index >= 15 is 0 Å². The summed E-state index contributed by atoms with van der Waals surface area (Å²) in [5, 5.41) is 3.88. The van der Waals surface area contributed by atoms with Crippen LogP contribution in [0.3, 0.4) is 0 Å². The lowest BCUT2D eigenvalue weighted by molar-refractivity contribution is 0.0317. The van der Waals surface area contributed by atoms with Gasteiger partial charge in [-0.05, 0) is 37.8 Å². The van der Waals surface area contributed by atoms with Crippen molar-refractivity contribution in [1.29, 1.82) is 0 Å². The highest BCUT2D eigenvalue weighted by molar-refractivity contribution is 5.23. The molecular weight excluding hydrogens is 256 g/mol. The van der Waals surface area contributed by atoms with Crippen LogP contribution in [0, 0.1) is 0 Å². The largest absolute Gasteiger partial charge is 0.311 e. The van der Waals surface area contributed by atoms with Crippen LogP contribution in [-0.2, 0) is 0 Å². The summed E-state index contributed by atoms with van der Waals surface area (Å²) >= 11 is 0. The first-order chi connectivity index (χ1) is 10.3. The van der Waals surface area contributed by atoms with Gasteiger partial charge in [0.15, 0.2) is 0 Å². The molecule has 0 amide bonds. The van der Waals surface area contributed by atoms with Crippen LogP contribution in [0.15, 0.2) is 30.3 Å². The van der Waals surface area contributed by atoms with Crippen molar-refractivity contribution < 1.29 is 0 Å². The van der Waals surface area contributed by atoms with E-state index in [1.165, 1.54) is 70.1 Å². The molecule has 3 fully saturated rings. The van der Waals surface area contributed by atoms with E-state index in [4.69, 9.17) is 0 Å². The molecule has 1 aromatic carbocycles. The molecule has 1 N–H and O–H groups in total. The fourth-order valence-corrected chi connectivity index (χ4v) is 4.80. The number of hydrogen-bond donors (Lipinski definition) is 1. The predicted molar refractivity (Wildman–Crippen MR) is 87.6 cm³/mol. The number of nitrogens with one attached hydrogen (secondary N) is 1. The fraction of sp³-hybridized carbons (Fsp3) is 0.684. The quantitative estimate of drug-likeness (QED) is 0.893. The molecular formula is C19H28N2. The van der Waals surface area contributed by atoms with Crippen molar-refractivity contribution in [3.05, 3.63) is 35.9 Å². The highest BCUT2D eigenvalue weighted by Gasteiger charge is 2.41. The third-order valence-electron chi connectivity index (χ3n) is 6.11. The second kappa shape index (κ2) is 5.73. The Balaban J connectivity index is 1.35. The first-order valence-corrected chi connectivity index (χ1v) is 8.89. The van der Waals surface area contributed by atoms with E-state index in [0.717, 1.165) is 12.0 Å². The molecule has 1 aromatic rings. The molecule has 0 aromatic heterocycles. The van der Waals surface area contributed by atoms with E-state index in [1.54, 1.807) is 0 Å². The van der Waals surface area contributed by atoms with Gasteiger partial charge in [-0.2, -0.15) is 0 Å². The van der Waals surface area contributed by atoms with Crippen molar-refractivity contribution in [1.82, 2.24) is 10.2 Å². The SMILES string of the molecule is c1ccc(C2CN(C3CCNC4(CCCCC4)C3)C2)cc1. The lowest BCUT2D eigenvalue weighted by Gasteiger charge is -2.52. The Kier molecular flexibility index (Phi) is 3.76. The smallest absolute Gasteiger partial charge is 0.0196 e. The number of likely N-dealkylation sites (tertiary alicyclic amines) is 1. The summed E-state index contributed by atoms with van der Waals surface area (Å²) in [5.41, 5.74) is 2.04. The van der Waals surface area contributed by atoms with Crippen LogP contribution >= 0.6 is 0 Å². The zero-order valence-electron chi connectivity index (χ0n) is 13.1. The number of rotatable bonds is 2. The summed E-state index contributed by atoms with van der Waals surface area (Å²) in [6, 6.07) is 11.9. The van der Waals surface area contributed by atoms with E-state index in [0.29, 0.717) is 5.54 Å². The maximum Gasteiger partial charge on any atom is 0.0196 e. The van der Waals surface area contributed by atoms with Crippen LogP contribution < -0.4 is 5.32 Å². The van der Waals surface area contributed by atoms with Crippen LogP contribution in [0.1, 0.15) is 56.4 Å². The summed E-state index contributed by atoms with van der Waals surface area (Å²) < 4.78 is 0. The van der Waals surface area contributed by atoms with Crippen LogP contribution in [-0.4, -0.2) is 36.1 Å². The molecule has 2 saturated heterocycles. The normalized spacial score (nSPS) is 30.2. The van der Waals surface area contributed by atoms with Gasteiger partial charge in [0, 0.05) is 30.6 Å². The lowest BCUT2D eigenvalue weighted by atomic mass is 9.73. The minimum Gasteiger partial charge on any atom is -0.311 e. The molecule has 0 bridgehead atoms. The molecule has 2 heteroatoms. The van der Waals surface area contributed by atoms with Gasteiger partial charge < -0.3 is 5.32 Å². The molecule has 3 aliphatic rings. The standard InChI is InChI=1S/C19H28N2/c1-3-7-16(8-4-1)17-14-21(15-17)18-9-12-20-19(13-18)10-5-2-6-11-19/h1,3-4,7-8,17-18,20H,2,5-6,9-15H2. The van der Waals surface area contributed by atoms with Gasteiger partial charge in [0.25, 0.3) is 0 Å². The third-order valence-corrected chi connectivity index (χ3v) is 6.11. The number of piperidine rings is 1. The Morgan fingerprint density at radius 1 is 1.00 bits per heavy atom. The molecule has 2 heterocycles. The van der Waals surface area contributed by atoms with E-state index in [2.05, 4.69) is 40.5 Å². The third kappa shape index (κ3) is 2.76. The molecule has 2 aliphatic heterocycles. The van der Waals surface area contributed by atoms with E-state index in [1.807, 2.05) is 0 Å². The second-order valence-electron chi connectivity index (χ2n) is 7.48. The zero-order valence-corrected chi connectivity index (χ0v) is 13.1. The Bertz CT molecular complexity index is 452. The number of nitrogens with zero attached hydrogens (tertiary/aromatic N) is 1. The van der Waals surface area contributed by atoms with Gasteiger partial charge >= 0.3 is 0 Å². The molecule has 21 heavy (non-hydrogen) atoms. The maximum atomic E-state index is 3.88. The Hall–Kier alpha value is -0.860. The van der Waals surface area contributed by atoms with Crippen LogP contribution in [0.25, 0.3) is 0 Å². The Labute approximate surface area is 128 Å². The predicted octanol–water partition coefficient (Wildman–Crippen LogP) is 3.54. The van der Waals surface area contributed by atoms with Crippen LogP contribution in [0.5, 0.6) is 0 Å². The van der Waals surface area contributed by atoms with Crippen molar-refractivity contribution in [2.45, 2.75) is 62.4 Å². The van der Waals surface area contributed by atoms with Crippen molar-refractivity contribution in [2.24, 2.45) is 0 Å². The Morgan fingerprint density at radius 2 is 1.76 bits per heavy atom. The van der Waals surface area contributed by atoms with Gasteiger partial charge in [-0.3, -0.25) is 4.90 Å². The molecule has 114 valence electrons. The highest BCUT2D eigenvalue weighted by Crippen LogP contribution is 2.39. The molecule has 0 radical (unpaired) electrons. The zero-order chi connectivity index (χ0) is 14.1. The summed E-state index contributed by atoms with van der Waals surface area (Å²) in [6.07, 6.45) is 9.91. The van der Waals surface area contributed by atoms with Crippen molar-refractivity contribution in [3.63, 3.8) is 0 Å². The first kappa shape index (κ1) is 13.8. The summed E-state index contributed by atoms with van der Waals surface area (Å²) in [6.45, 7) is 3.80. The van der Waals surface area contributed by atoms with Crippen molar-refractivity contribution in [2.75, 3.05) is 19.6 Å². The van der Waals surface area contributed by atoms with Gasteiger partial charge in [-0.1, -0.05) is 49.6 Å². The minimum absolute atomic E-state index is 0.499. The molecule has 1 atom stereocenters. The van der Waals surface area contributed by atoms with Gasteiger partial charge in [-0.25, -0.2) is 0 Å². The van der Waals surface area contributed by atoms with Crippen LogP contribution in [0.2, 0.25) is 0 Å². The lowest BCUT2D eigenvalue weighted by Crippen LogP contribution is -2.60. The monoisotopic (exact) mass is 284 g/mol.